The van der Waals surface area contributed by atoms with Crippen molar-refractivity contribution in [2.45, 2.75) is 52.7 Å². The number of carbonyl (C=O) groups excluding carboxylic acids is 2. The molecule has 0 unspecified atom stereocenters. The molecule has 1 saturated carbocycles. The van der Waals surface area contributed by atoms with Gasteiger partial charge in [0.25, 0.3) is 5.91 Å². The lowest BCUT2D eigenvalue weighted by molar-refractivity contribution is -0.164. The largest absolute Gasteiger partial charge is 0.489 e. The second kappa shape index (κ2) is 9.46. The smallest absolute Gasteiger partial charge is 0.254 e. The third-order valence-electron chi connectivity index (χ3n) is 7.35. The number of aldehydes is 1. The zero-order valence-corrected chi connectivity index (χ0v) is 21.2. The number of nitrogens with one attached hydrogen (secondary N) is 1. The Balaban J connectivity index is 1.41. The minimum Gasteiger partial charge on any atom is -0.489 e. The fourth-order valence-electron chi connectivity index (χ4n) is 5.65. The molecule has 1 aliphatic carbocycles. The Morgan fingerprint density at radius 1 is 1.20 bits per heavy atom. The number of piperidine rings is 1. The molecule has 8 nitrogen and oxygen atoms in total. The lowest BCUT2D eigenvalue weighted by atomic mass is 9.49. The van der Waals surface area contributed by atoms with Gasteiger partial charge in [-0.3, -0.25) is 4.79 Å². The summed E-state index contributed by atoms with van der Waals surface area (Å²) in [6.07, 6.45) is 5.52. The molecule has 1 aliphatic heterocycles. The number of halogens is 1. The molecule has 4 rings (SSSR count). The van der Waals surface area contributed by atoms with Crippen LogP contribution >= 0.6 is 11.6 Å². The number of hydrogen-bond acceptors (Lipinski definition) is 7. The van der Waals surface area contributed by atoms with Crippen molar-refractivity contribution in [2.75, 3.05) is 18.0 Å². The number of rotatable bonds is 6. The molecule has 0 spiro atoms. The molecule has 2 aliphatic rings. The van der Waals surface area contributed by atoms with Crippen molar-refractivity contribution in [2.24, 2.45) is 16.7 Å². The molecule has 2 heterocycles. The van der Waals surface area contributed by atoms with E-state index in [1.807, 2.05) is 11.0 Å². The molecule has 2 fully saturated rings. The number of nitriles is 1. The van der Waals surface area contributed by atoms with Crippen molar-refractivity contribution in [3.63, 3.8) is 0 Å². The predicted octanol–water partition coefficient (Wildman–Crippen LogP) is 4.03. The topological polar surface area (TPSA) is 108 Å². The Kier molecular flexibility index (Phi) is 6.74. The van der Waals surface area contributed by atoms with E-state index in [4.69, 9.17) is 21.6 Å². The summed E-state index contributed by atoms with van der Waals surface area (Å²) < 4.78 is 6.28. The first-order valence-corrected chi connectivity index (χ1v) is 12.1. The van der Waals surface area contributed by atoms with Crippen LogP contribution in [-0.4, -0.2) is 47.4 Å². The molecular weight excluding hydrogens is 466 g/mol. The van der Waals surface area contributed by atoms with Crippen LogP contribution in [0.4, 0.5) is 5.95 Å². The normalized spacial score (nSPS) is 23.0. The Morgan fingerprint density at radius 3 is 2.37 bits per heavy atom. The van der Waals surface area contributed by atoms with E-state index < -0.39 is 0 Å². The molecule has 0 bridgehead atoms. The molecular formula is C26H30ClN5O3. The summed E-state index contributed by atoms with van der Waals surface area (Å²) in [5, 5.41) is 12.6. The van der Waals surface area contributed by atoms with E-state index in [9.17, 15) is 9.59 Å². The Morgan fingerprint density at radius 2 is 1.83 bits per heavy atom. The third-order valence-corrected chi connectivity index (χ3v) is 7.66. The zero-order valence-electron chi connectivity index (χ0n) is 20.4. The molecule has 2 aromatic rings. The average molecular weight is 496 g/mol. The molecule has 184 valence electrons. The molecule has 35 heavy (non-hydrogen) atoms. The Hall–Kier alpha value is -3.18. The van der Waals surface area contributed by atoms with E-state index in [1.165, 1.54) is 0 Å². The Labute approximate surface area is 210 Å². The maximum Gasteiger partial charge on any atom is 0.254 e. The van der Waals surface area contributed by atoms with Gasteiger partial charge in [0.15, 0.2) is 0 Å². The highest BCUT2D eigenvalue weighted by Gasteiger charge is 2.64. The lowest BCUT2D eigenvalue weighted by Gasteiger charge is -2.63. The number of benzene rings is 1. The number of aromatic nitrogens is 2. The van der Waals surface area contributed by atoms with Crippen molar-refractivity contribution >= 4 is 29.7 Å². The number of ether oxygens (including phenoxy) is 1. The van der Waals surface area contributed by atoms with E-state index in [1.54, 1.807) is 30.6 Å². The average Bonchev–Trinajstić information content (AvgIpc) is 2.85. The molecule has 1 aromatic carbocycles. The van der Waals surface area contributed by atoms with E-state index in [2.05, 4.69) is 43.0 Å². The van der Waals surface area contributed by atoms with Gasteiger partial charge in [-0.1, -0.05) is 39.3 Å². The first-order valence-electron chi connectivity index (χ1n) is 11.8. The van der Waals surface area contributed by atoms with Crippen LogP contribution in [-0.2, 0) is 4.79 Å². The van der Waals surface area contributed by atoms with Crippen LogP contribution < -0.4 is 15.0 Å². The van der Waals surface area contributed by atoms with Crippen LogP contribution in [0, 0.1) is 28.1 Å². The molecule has 1 amide bonds. The number of hydrogen-bond donors (Lipinski definition) is 1. The SMILES string of the molecule is CC1(C)[C@H](NC(=O)c2cnc(N3CCC(C=O)CC3)nc2)C(C)(C)[C@H]1Oc1ccc(C#N)c(Cl)c1. The summed E-state index contributed by atoms with van der Waals surface area (Å²) in [6, 6.07) is 6.93. The minimum atomic E-state index is -0.358. The minimum absolute atomic E-state index is 0.104. The highest BCUT2D eigenvalue weighted by molar-refractivity contribution is 6.31. The molecule has 9 heteroatoms. The number of nitrogens with zero attached hydrogens (tertiary/aromatic N) is 4. The van der Waals surface area contributed by atoms with Crippen LogP contribution in [0.5, 0.6) is 5.75 Å². The standard InChI is InChI=1S/C26H30ClN5O3/c1-25(2)22(26(3,4)23(25)35-19-6-5-17(12-28)20(27)11-19)31-21(34)18-13-29-24(30-14-18)32-9-7-16(15-33)8-10-32/h5-6,11,13-16,22-23H,7-10H2,1-4H3,(H,31,34)/t22-,23-. The zero-order chi connectivity index (χ0) is 25.4. The van der Waals surface area contributed by atoms with Crippen LogP contribution in [0.25, 0.3) is 0 Å². The summed E-state index contributed by atoms with van der Waals surface area (Å²) in [5.41, 5.74) is 0.0771. The second-order valence-corrected chi connectivity index (χ2v) is 10.9. The first kappa shape index (κ1) is 24.9. The van der Waals surface area contributed by atoms with Crippen molar-refractivity contribution in [3.05, 3.63) is 46.7 Å². The molecule has 0 radical (unpaired) electrons. The van der Waals surface area contributed by atoms with Crippen LogP contribution in [0.1, 0.15) is 56.5 Å². The number of carbonyl (C=O) groups is 2. The van der Waals surface area contributed by atoms with E-state index in [-0.39, 0.29) is 34.8 Å². The highest BCUT2D eigenvalue weighted by Crippen LogP contribution is 2.55. The van der Waals surface area contributed by atoms with E-state index >= 15 is 0 Å². The van der Waals surface area contributed by atoms with Crippen LogP contribution in [0.15, 0.2) is 30.6 Å². The van der Waals surface area contributed by atoms with Gasteiger partial charge in [-0.05, 0) is 25.0 Å². The summed E-state index contributed by atoms with van der Waals surface area (Å²) in [6.45, 7) is 9.68. The van der Waals surface area contributed by atoms with Crippen molar-refractivity contribution in [1.82, 2.24) is 15.3 Å². The van der Waals surface area contributed by atoms with Gasteiger partial charge >= 0.3 is 0 Å². The van der Waals surface area contributed by atoms with Crippen LogP contribution in [0.3, 0.4) is 0 Å². The van der Waals surface area contributed by atoms with Crippen molar-refractivity contribution < 1.29 is 14.3 Å². The molecule has 1 N–H and O–H groups in total. The van der Waals surface area contributed by atoms with Gasteiger partial charge in [0, 0.05) is 54.3 Å². The van der Waals surface area contributed by atoms with Gasteiger partial charge in [-0.15, -0.1) is 0 Å². The third kappa shape index (κ3) is 4.70. The number of anilines is 1. The van der Waals surface area contributed by atoms with Gasteiger partial charge in [0.1, 0.15) is 24.2 Å². The highest BCUT2D eigenvalue weighted by atomic mass is 35.5. The van der Waals surface area contributed by atoms with Crippen molar-refractivity contribution in [3.8, 4) is 11.8 Å². The van der Waals surface area contributed by atoms with Gasteiger partial charge < -0.3 is 19.7 Å². The summed E-state index contributed by atoms with van der Waals surface area (Å²) in [7, 11) is 0. The summed E-state index contributed by atoms with van der Waals surface area (Å²) in [5.74, 6) is 1.03. The molecule has 1 aromatic heterocycles. The maximum absolute atomic E-state index is 13.0. The van der Waals surface area contributed by atoms with Gasteiger partial charge in [0.2, 0.25) is 5.95 Å². The first-order chi connectivity index (χ1) is 16.6. The molecule has 0 atom stereocenters. The van der Waals surface area contributed by atoms with Gasteiger partial charge in [-0.25, -0.2) is 9.97 Å². The monoisotopic (exact) mass is 495 g/mol. The fourth-order valence-corrected chi connectivity index (χ4v) is 5.86. The van der Waals surface area contributed by atoms with Crippen LogP contribution in [0.2, 0.25) is 5.02 Å². The maximum atomic E-state index is 13.0. The van der Waals surface area contributed by atoms with Gasteiger partial charge in [-0.2, -0.15) is 5.26 Å². The van der Waals surface area contributed by atoms with Gasteiger partial charge in [0.05, 0.1) is 16.1 Å². The predicted molar refractivity (Wildman–Crippen MR) is 132 cm³/mol. The molecule has 1 saturated heterocycles. The summed E-state index contributed by atoms with van der Waals surface area (Å²) >= 11 is 6.17. The quantitative estimate of drug-likeness (QED) is 0.602. The number of amides is 1. The second-order valence-electron chi connectivity index (χ2n) is 10.5. The van der Waals surface area contributed by atoms with Crippen molar-refractivity contribution in [1.29, 1.82) is 5.26 Å². The fraction of sp³-hybridized carbons (Fsp3) is 0.500. The van der Waals surface area contributed by atoms with E-state index in [0.717, 1.165) is 32.2 Å². The van der Waals surface area contributed by atoms with E-state index in [0.29, 0.717) is 27.8 Å². The Bertz CT molecular complexity index is 1130. The lowest BCUT2D eigenvalue weighted by Crippen LogP contribution is -2.74. The summed E-state index contributed by atoms with van der Waals surface area (Å²) in [4.78, 5) is 34.8.